The predicted octanol–water partition coefficient (Wildman–Crippen LogP) is 2.55. The molecule has 0 radical (unpaired) electrons. The van der Waals surface area contributed by atoms with Crippen LogP contribution in [0.3, 0.4) is 0 Å². The highest BCUT2D eigenvalue weighted by atomic mass is 19.4. The molecular weight excluding hydrogens is 329 g/mol. The van der Waals surface area contributed by atoms with Crippen LogP contribution in [-0.4, -0.2) is 38.4 Å². The van der Waals surface area contributed by atoms with Gasteiger partial charge in [0.05, 0.1) is 6.04 Å². The molecule has 0 spiro atoms. The van der Waals surface area contributed by atoms with E-state index < -0.39 is 24.9 Å². The number of alkyl halides is 3. The van der Waals surface area contributed by atoms with E-state index in [0.29, 0.717) is 17.7 Å². The molecule has 0 aliphatic rings. The molecule has 0 unspecified atom stereocenters. The summed E-state index contributed by atoms with van der Waals surface area (Å²) in [4.78, 5) is 22.8. The summed E-state index contributed by atoms with van der Waals surface area (Å²) in [5, 5.41) is 4.76. The highest BCUT2D eigenvalue weighted by Gasteiger charge is 2.30. The molecule has 0 aliphatic carbocycles. The summed E-state index contributed by atoms with van der Waals surface area (Å²) in [7, 11) is 1.46. The second kappa shape index (κ2) is 8.99. The van der Waals surface area contributed by atoms with Crippen molar-refractivity contribution >= 4 is 12.0 Å². The average molecular weight is 348 g/mol. The molecule has 0 saturated heterocycles. The van der Waals surface area contributed by atoms with E-state index in [1.54, 1.807) is 31.2 Å². The van der Waals surface area contributed by atoms with Gasteiger partial charge in [0.1, 0.15) is 5.75 Å². The molecule has 9 heteroatoms. The van der Waals surface area contributed by atoms with Gasteiger partial charge in [-0.2, -0.15) is 13.2 Å². The Morgan fingerprint density at radius 2 is 1.92 bits per heavy atom. The summed E-state index contributed by atoms with van der Waals surface area (Å²) in [6, 6.07) is 6.00. The third kappa shape index (κ3) is 6.76. The maximum atomic E-state index is 12.1. The summed E-state index contributed by atoms with van der Waals surface area (Å²) >= 11 is 0. The first kappa shape index (κ1) is 19.6. The summed E-state index contributed by atoms with van der Waals surface area (Å²) in [5.74, 6) is 0.0134. The zero-order valence-electron chi connectivity index (χ0n) is 13.3. The second-order valence-electron chi connectivity index (χ2n) is 4.80. The van der Waals surface area contributed by atoms with E-state index >= 15 is 0 Å². The molecule has 6 nitrogen and oxygen atoms in total. The molecule has 0 saturated carbocycles. The summed E-state index contributed by atoms with van der Waals surface area (Å²) in [6.45, 7) is -0.142. The van der Waals surface area contributed by atoms with E-state index in [0.717, 1.165) is 0 Å². The van der Waals surface area contributed by atoms with E-state index in [1.807, 2.05) is 0 Å². The van der Waals surface area contributed by atoms with Crippen molar-refractivity contribution in [3.63, 3.8) is 0 Å². The number of likely N-dealkylation sites (N-methyl/N-ethyl adjacent to an activating group) is 1. The van der Waals surface area contributed by atoms with Crippen molar-refractivity contribution in [2.24, 2.45) is 0 Å². The smallest absolute Gasteiger partial charge is 0.422 e. The van der Waals surface area contributed by atoms with Gasteiger partial charge in [-0.05, 0) is 12.5 Å². The fourth-order valence-electron chi connectivity index (χ4n) is 1.85. The predicted molar refractivity (Wildman–Crippen MR) is 79.6 cm³/mol. The van der Waals surface area contributed by atoms with Gasteiger partial charge in [0.2, 0.25) is 0 Å². The zero-order valence-corrected chi connectivity index (χ0v) is 13.3. The number of ether oxygens (including phenoxy) is 2. The SMILES string of the molecule is CC[C@@H](NC(=O)OCC(F)(F)F)c1ccccc1OCC(=O)NC. The van der Waals surface area contributed by atoms with Crippen LogP contribution in [0.15, 0.2) is 24.3 Å². The number of amides is 2. The van der Waals surface area contributed by atoms with Gasteiger partial charge in [0, 0.05) is 12.6 Å². The van der Waals surface area contributed by atoms with Crippen molar-refractivity contribution in [1.82, 2.24) is 10.6 Å². The molecule has 134 valence electrons. The number of benzene rings is 1. The molecular formula is C15H19F3N2O4. The number of alkyl carbamates (subject to hydrolysis) is 1. The van der Waals surface area contributed by atoms with Gasteiger partial charge in [0.25, 0.3) is 5.91 Å². The normalized spacial score (nSPS) is 12.2. The number of hydrogen-bond donors (Lipinski definition) is 2. The maximum absolute atomic E-state index is 12.1. The quantitative estimate of drug-likeness (QED) is 0.794. The Balaban J connectivity index is 2.77. The summed E-state index contributed by atoms with van der Waals surface area (Å²) in [6.07, 6.45) is -5.38. The fraction of sp³-hybridized carbons (Fsp3) is 0.467. The van der Waals surface area contributed by atoms with E-state index in [4.69, 9.17) is 4.74 Å². The first-order valence-corrected chi connectivity index (χ1v) is 7.19. The average Bonchev–Trinajstić information content (AvgIpc) is 2.55. The first-order chi connectivity index (χ1) is 11.3. The molecule has 2 N–H and O–H groups in total. The lowest BCUT2D eigenvalue weighted by Crippen LogP contribution is -2.32. The largest absolute Gasteiger partial charge is 0.483 e. The molecule has 0 aromatic heterocycles. The summed E-state index contributed by atoms with van der Waals surface area (Å²) < 4.78 is 45.7. The van der Waals surface area contributed by atoms with E-state index in [2.05, 4.69) is 15.4 Å². The highest BCUT2D eigenvalue weighted by molar-refractivity contribution is 5.77. The number of para-hydroxylation sites is 1. The van der Waals surface area contributed by atoms with Crippen LogP contribution in [-0.2, 0) is 9.53 Å². The van der Waals surface area contributed by atoms with Gasteiger partial charge in [-0.15, -0.1) is 0 Å². The van der Waals surface area contributed by atoms with Gasteiger partial charge in [-0.25, -0.2) is 4.79 Å². The number of hydrogen-bond acceptors (Lipinski definition) is 4. The minimum absolute atomic E-state index is 0.220. The standard InChI is InChI=1S/C15H19F3N2O4/c1-3-11(20-14(22)24-9-15(16,17)18)10-6-4-5-7-12(10)23-8-13(21)19-2/h4-7,11H,3,8-9H2,1-2H3,(H,19,21)(H,20,22)/t11-/m1/s1. The van der Waals surface area contributed by atoms with Crippen LogP contribution in [0, 0.1) is 0 Å². The molecule has 1 atom stereocenters. The molecule has 0 fully saturated rings. The third-order valence-electron chi connectivity index (χ3n) is 3.00. The maximum Gasteiger partial charge on any atom is 0.422 e. The van der Waals surface area contributed by atoms with Crippen LogP contribution in [0.5, 0.6) is 5.75 Å². The van der Waals surface area contributed by atoms with E-state index in [-0.39, 0.29) is 12.5 Å². The Kier molecular flexibility index (Phi) is 7.34. The van der Waals surface area contributed by atoms with Crippen molar-refractivity contribution in [3.8, 4) is 5.75 Å². The van der Waals surface area contributed by atoms with Gasteiger partial charge in [-0.3, -0.25) is 4.79 Å². The second-order valence-corrected chi connectivity index (χ2v) is 4.80. The number of halogens is 3. The Bertz CT molecular complexity index is 564. The monoisotopic (exact) mass is 348 g/mol. The molecule has 2 amide bonds. The Morgan fingerprint density at radius 1 is 1.25 bits per heavy atom. The molecule has 24 heavy (non-hydrogen) atoms. The van der Waals surface area contributed by atoms with Crippen LogP contribution < -0.4 is 15.4 Å². The first-order valence-electron chi connectivity index (χ1n) is 7.19. The van der Waals surface area contributed by atoms with Crippen LogP contribution in [0.4, 0.5) is 18.0 Å². The fourth-order valence-corrected chi connectivity index (χ4v) is 1.85. The number of rotatable bonds is 7. The highest BCUT2D eigenvalue weighted by Crippen LogP contribution is 2.27. The van der Waals surface area contributed by atoms with Crippen molar-refractivity contribution < 1.29 is 32.2 Å². The Morgan fingerprint density at radius 3 is 2.50 bits per heavy atom. The number of nitrogens with one attached hydrogen (secondary N) is 2. The molecule has 1 rings (SSSR count). The van der Waals surface area contributed by atoms with E-state index in [9.17, 15) is 22.8 Å². The third-order valence-corrected chi connectivity index (χ3v) is 3.00. The zero-order chi connectivity index (χ0) is 18.2. The van der Waals surface area contributed by atoms with Gasteiger partial charge >= 0.3 is 12.3 Å². The lowest BCUT2D eigenvalue weighted by Gasteiger charge is -2.20. The van der Waals surface area contributed by atoms with Crippen LogP contribution in [0.1, 0.15) is 24.9 Å². The Hall–Kier alpha value is -2.45. The van der Waals surface area contributed by atoms with Gasteiger partial charge < -0.3 is 20.1 Å². The van der Waals surface area contributed by atoms with E-state index in [1.165, 1.54) is 7.05 Å². The van der Waals surface area contributed by atoms with Crippen molar-refractivity contribution in [1.29, 1.82) is 0 Å². The molecule has 1 aromatic carbocycles. The molecule has 1 aromatic rings. The summed E-state index contributed by atoms with van der Waals surface area (Å²) in [5.41, 5.74) is 0.535. The number of carbonyl (C=O) groups is 2. The molecule has 0 bridgehead atoms. The van der Waals surface area contributed by atoms with Crippen molar-refractivity contribution in [3.05, 3.63) is 29.8 Å². The van der Waals surface area contributed by atoms with Gasteiger partial charge in [0.15, 0.2) is 13.2 Å². The molecule has 0 aliphatic heterocycles. The van der Waals surface area contributed by atoms with Crippen LogP contribution in [0.25, 0.3) is 0 Å². The van der Waals surface area contributed by atoms with Gasteiger partial charge in [-0.1, -0.05) is 25.1 Å². The lowest BCUT2D eigenvalue weighted by molar-refractivity contribution is -0.160. The van der Waals surface area contributed by atoms with Crippen LogP contribution >= 0.6 is 0 Å². The minimum atomic E-state index is -4.59. The minimum Gasteiger partial charge on any atom is -0.483 e. The van der Waals surface area contributed by atoms with Crippen LogP contribution in [0.2, 0.25) is 0 Å². The lowest BCUT2D eigenvalue weighted by atomic mass is 10.0. The topological polar surface area (TPSA) is 76.7 Å². The number of carbonyl (C=O) groups excluding carboxylic acids is 2. The van der Waals surface area contributed by atoms with Crippen molar-refractivity contribution in [2.75, 3.05) is 20.3 Å². The Labute approximate surface area is 137 Å². The van der Waals surface area contributed by atoms with Crippen molar-refractivity contribution in [2.45, 2.75) is 25.6 Å². The molecule has 0 heterocycles.